The van der Waals surface area contributed by atoms with Crippen molar-refractivity contribution in [2.45, 2.75) is 30.8 Å². The average molecular weight is 422 g/mol. The van der Waals surface area contributed by atoms with Crippen LogP contribution in [-0.4, -0.2) is 29.9 Å². The first kappa shape index (κ1) is 19.8. The average Bonchev–Trinajstić information content (AvgIpc) is 3.40. The second-order valence-corrected chi connectivity index (χ2v) is 7.34. The second kappa shape index (κ2) is 8.87. The highest BCUT2D eigenvalue weighted by Gasteiger charge is 2.15. The van der Waals surface area contributed by atoms with E-state index in [0.29, 0.717) is 29.5 Å². The lowest BCUT2D eigenvalue weighted by molar-refractivity contribution is -0.384. The fourth-order valence-corrected chi connectivity index (χ4v) is 3.79. The normalized spacial score (nSPS) is 11.0. The first-order valence-corrected chi connectivity index (χ1v) is 10.3. The maximum atomic E-state index is 10.8. The van der Waals surface area contributed by atoms with Crippen LogP contribution < -0.4 is 0 Å². The fraction of sp³-hybridized carbons (Fsp3) is 0.200. The molecule has 0 bridgehead atoms. The fourth-order valence-electron chi connectivity index (χ4n) is 2.93. The molecule has 0 N–H and O–H groups in total. The molecule has 0 saturated heterocycles. The van der Waals surface area contributed by atoms with E-state index in [0.717, 1.165) is 17.5 Å². The van der Waals surface area contributed by atoms with Crippen LogP contribution >= 0.6 is 11.8 Å². The van der Waals surface area contributed by atoms with Gasteiger partial charge in [0.25, 0.3) is 5.69 Å². The number of nitro groups is 1. The summed E-state index contributed by atoms with van der Waals surface area (Å²) in [4.78, 5) is 10.3. The van der Waals surface area contributed by atoms with E-state index < -0.39 is 4.92 Å². The molecule has 152 valence electrons. The van der Waals surface area contributed by atoms with Crippen LogP contribution in [0.2, 0.25) is 0 Å². The minimum atomic E-state index is -0.449. The minimum Gasteiger partial charge on any atom is -0.420 e. The number of thioether (sulfide) groups is 1. The summed E-state index contributed by atoms with van der Waals surface area (Å²) in [5, 5.41) is 28.3. The zero-order chi connectivity index (χ0) is 20.9. The zero-order valence-electron chi connectivity index (χ0n) is 16.1. The highest BCUT2D eigenvalue weighted by Crippen LogP contribution is 2.25. The van der Waals surface area contributed by atoms with Crippen LogP contribution in [0.4, 0.5) is 5.69 Å². The summed E-state index contributed by atoms with van der Waals surface area (Å²) in [5.41, 5.74) is 1.83. The number of hydrogen-bond acceptors (Lipinski definition) is 8. The van der Waals surface area contributed by atoms with E-state index in [1.807, 2.05) is 18.2 Å². The third-order valence-electron chi connectivity index (χ3n) is 4.43. The molecule has 0 fully saturated rings. The first-order chi connectivity index (χ1) is 14.6. The monoisotopic (exact) mass is 422 g/mol. The van der Waals surface area contributed by atoms with Crippen molar-refractivity contribution in [2.24, 2.45) is 0 Å². The van der Waals surface area contributed by atoms with Crippen molar-refractivity contribution in [2.75, 3.05) is 0 Å². The molecule has 4 aromatic rings. The third-order valence-corrected chi connectivity index (χ3v) is 5.38. The van der Waals surface area contributed by atoms with E-state index in [9.17, 15) is 10.1 Å². The van der Waals surface area contributed by atoms with Crippen molar-refractivity contribution in [3.63, 3.8) is 0 Å². The first-order valence-electron chi connectivity index (χ1n) is 9.30. The molecule has 2 heterocycles. The van der Waals surface area contributed by atoms with Gasteiger partial charge in [0.2, 0.25) is 11.8 Å². The van der Waals surface area contributed by atoms with Crippen LogP contribution in [0.15, 0.2) is 64.2 Å². The molecule has 0 unspecified atom stereocenters. The van der Waals surface area contributed by atoms with Crippen LogP contribution in [0.5, 0.6) is 0 Å². The Hall–Kier alpha value is -3.53. The summed E-state index contributed by atoms with van der Waals surface area (Å²) in [5.74, 6) is 2.12. The molecule has 2 aromatic carbocycles. The Kier molecular flexibility index (Phi) is 5.84. The van der Waals surface area contributed by atoms with Gasteiger partial charge in [-0.3, -0.25) is 10.1 Å². The van der Waals surface area contributed by atoms with Gasteiger partial charge in [0.1, 0.15) is 5.82 Å². The van der Waals surface area contributed by atoms with Gasteiger partial charge in [0.15, 0.2) is 5.16 Å². The molecule has 30 heavy (non-hydrogen) atoms. The summed E-state index contributed by atoms with van der Waals surface area (Å²) in [6.45, 7) is 2.82. The molecule has 2 aromatic heterocycles. The predicted molar refractivity (Wildman–Crippen MR) is 111 cm³/mol. The quantitative estimate of drug-likeness (QED) is 0.236. The van der Waals surface area contributed by atoms with Gasteiger partial charge in [0, 0.05) is 30.7 Å². The van der Waals surface area contributed by atoms with Crippen molar-refractivity contribution in [1.29, 1.82) is 0 Å². The van der Waals surface area contributed by atoms with E-state index in [-0.39, 0.29) is 5.69 Å². The lowest BCUT2D eigenvalue weighted by atomic mass is 10.1. The van der Waals surface area contributed by atoms with Gasteiger partial charge in [-0.1, -0.05) is 42.1 Å². The van der Waals surface area contributed by atoms with Crippen molar-refractivity contribution >= 4 is 17.4 Å². The van der Waals surface area contributed by atoms with Crippen molar-refractivity contribution in [1.82, 2.24) is 25.0 Å². The van der Waals surface area contributed by atoms with Crippen LogP contribution in [0.1, 0.15) is 24.2 Å². The molecule has 0 spiro atoms. The third kappa shape index (κ3) is 4.38. The van der Waals surface area contributed by atoms with Gasteiger partial charge >= 0.3 is 0 Å². The van der Waals surface area contributed by atoms with Crippen LogP contribution in [0.3, 0.4) is 0 Å². The highest BCUT2D eigenvalue weighted by atomic mass is 32.2. The van der Waals surface area contributed by atoms with Gasteiger partial charge < -0.3 is 8.98 Å². The Morgan fingerprint density at radius 2 is 1.80 bits per heavy atom. The lowest BCUT2D eigenvalue weighted by Crippen LogP contribution is -2.04. The maximum Gasteiger partial charge on any atom is 0.269 e. The number of hydrogen-bond donors (Lipinski definition) is 0. The zero-order valence-corrected chi connectivity index (χ0v) is 17.0. The van der Waals surface area contributed by atoms with E-state index in [1.165, 1.54) is 29.5 Å². The van der Waals surface area contributed by atoms with Crippen molar-refractivity contribution < 1.29 is 9.34 Å². The molecule has 0 aliphatic carbocycles. The van der Waals surface area contributed by atoms with Gasteiger partial charge in [-0.25, -0.2) is 0 Å². The predicted octanol–water partition coefficient (Wildman–Crippen LogP) is 4.14. The number of aromatic nitrogens is 5. The van der Waals surface area contributed by atoms with Crippen LogP contribution in [-0.2, 0) is 18.7 Å². The highest BCUT2D eigenvalue weighted by molar-refractivity contribution is 7.98. The summed E-state index contributed by atoms with van der Waals surface area (Å²) >= 11 is 1.47. The minimum absolute atomic E-state index is 0.0132. The van der Waals surface area contributed by atoms with E-state index in [4.69, 9.17) is 4.42 Å². The Morgan fingerprint density at radius 1 is 1.03 bits per heavy atom. The van der Waals surface area contributed by atoms with E-state index in [2.05, 4.69) is 44.0 Å². The second-order valence-electron chi connectivity index (χ2n) is 6.40. The molecule has 4 rings (SSSR count). The molecule has 10 heteroatoms. The standard InChI is InChI=1S/C20H18N6O3S/c1-2-25-17(12-14-6-4-3-5-7-14)21-24-20(25)30-13-18-22-23-19(29-18)15-8-10-16(11-9-15)26(27)28/h3-11H,2,12-13H2,1H3. The molecule has 0 amide bonds. The van der Waals surface area contributed by atoms with Gasteiger partial charge in [-0.05, 0) is 24.6 Å². The largest absolute Gasteiger partial charge is 0.420 e. The molecule has 0 aliphatic heterocycles. The Morgan fingerprint density at radius 3 is 2.50 bits per heavy atom. The van der Waals surface area contributed by atoms with E-state index >= 15 is 0 Å². The lowest BCUT2D eigenvalue weighted by Gasteiger charge is -2.06. The molecular formula is C20H18N6O3S. The molecule has 0 radical (unpaired) electrons. The maximum absolute atomic E-state index is 10.8. The topological polar surface area (TPSA) is 113 Å². The van der Waals surface area contributed by atoms with Crippen molar-refractivity contribution in [3.8, 4) is 11.5 Å². The summed E-state index contributed by atoms with van der Waals surface area (Å²) in [7, 11) is 0. The summed E-state index contributed by atoms with van der Waals surface area (Å²) in [6, 6.07) is 16.1. The summed E-state index contributed by atoms with van der Waals surface area (Å²) in [6.07, 6.45) is 0.715. The smallest absolute Gasteiger partial charge is 0.269 e. The van der Waals surface area contributed by atoms with Crippen LogP contribution in [0.25, 0.3) is 11.5 Å². The number of non-ortho nitro benzene ring substituents is 1. The molecule has 0 aliphatic rings. The number of nitro benzene ring substituents is 1. The molecule has 0 atom stereocenters. The molecule has 0 saturated carbocycles. The Bertz CT molecular complexity index is 1140. The Balaban J connectivity index is 1.43. The number of benzene rings is 2. The van der Waals surface area contributed by atoms with E-state index in [1.54, 1.807) is 12.1 Å². The Labute approximate surface area is 176 Å². The van der Waals surface area contributed by atoms with Gasteiger partial charge in [-0.2, -0.15) is 0 Å². The number of rotatable bonds is 8. The molecular weight excluding hydrogens is 404 g/mol. The van der Waals surface area contributed by atoms with Crippen LogP contribution in [0, 0.1) is 10.1 Å². The van der Waals surface area contributed by atoms with Crippen molar-refractivity contribution in [3.05, 3.63) is 82.0 Å². The van der Waals surface area contributed by atoms with Gasteiger partial charge in [-0.15, -0.1) is 20.4 Å². The number of nitrogens with zero attached hydrogens (tertiary/aromatic N) is 6. The molecule has 9 nitrogen and oxygen atoms in total. The van der Waals surface area contributed by atoms with Gasteiger partial charge in [0.05, 0.1) is 10.7 Å². The summed E-state index contributed by atoms with van der Waals surface area (Å²) < 4.78 is 7.77. The SMILES string of the molecule is CCn1c(Cc2ccccc2)nnc1SCc1nnc(-c2ccc([N+](=O)[O-])cc2)o1.